The predicted molar refractivity (Wildman–Crippen MR) is 136 cm³/mol. The van der Waals surface area contributed by atoms with Gasteiger partial charge in [0.1, 0.15) is 5.75 Å². The van der Waals surface area contributed by atoms with Crippen LogP contribution in [0.5, 0.6) is 17.2 Å². The van der Waals surface area contributed by atoms with Gasteiger partial charge in [-0.1, -0.05) is 43.9 Å². The lowest BCUT2D eigenvalue weighted by atomic mass is 9.79. The van der Waals surface area contributed by atoms with Crippen molar-refractivity contribution in [1.29, 1.82) is 0 Å². The Kier molecular flexibility index (Phi) is 6.96. The Morgan fingerprint density at radius 1 is 1.05 bits per heavy atom. The Labute approximate surface area is 224 Å². The quantitative estimate of drug-likeness (QED) is 0.456. The van der Waals surface area contributed by atoms with Crippen LogP contribution >= 0.6 is 0 Å². The van der Waals surface area contributed by atoms with E-state index >= 15 is 0 Å². The van der Waals surface area contributed by atoms with Crippen molar-refractivity contribution in [3.63, 3.8) is 0 Å². The van der Waals surface area contributed by atoms with E-state index in [1.807, 2.05) is 0 Å². The number of carbonyl (C=O) groups is 1. The molecule has 3 heterocycles. The minimum atomic E-state index is -4.58. The molecule has 1 saturated carbocycles. The second-order valence-electron chi connectivity index (χ2n) is 10.6. The summed E-state index contributed by atoms with van der Waals surface area (Å²) in [5.41, 5.74) is -1.89. The fraction of sp³-hybridized carbons (Fsp3) is 0.536. The third kappa shape index (κ3) is 4.98. The van der Waals surface area contributed by atoms with Gasteiger partial charge in [-0.25, -0.2) is 4.79 Å². The van der Waals surface area contributed by atoms with Crippen LogP contribution in [0.2, 0.25) is 0 Å². The molecule has 0 bridgehead atoms. The van der Waals surface area contributed by atoms with E-state index in [1.165, 1.54) is 12.1 Å². The van der Waals surface area contributed by atoms with Gasteiger partial charge >= 0.3 is 12.2 Å². The highest BCUT2D eigenvalue weighted by atomic mass is 19.4. The van der Waals surface area contributed by atoms with Crippen LogP contribution < -0.4 is 30.2 Å². The molecule has 11 heteroatoms. The van der Waals surface area contributed by atoms with Crippen molar-refractivity contribution in [3.05, 3.63) is 48.0 Å². The van der Waals surface area contributed by atoms with Crippen LogP contribution in [-0.4, -0.2) is 44.4 Å². The Balaban J connectivity index is 1.25. The number of nitrogens with one attached hydrogen (secondary N) is 3. The first-order valence-corrected chi connectivity index (χ1v) is 13.5. The number of rotatable bonds is 6. The predicted octanol–water partition coefficient (Wildman–Crippen LogP) is 5.29. The van der Waals surface area contributed by atoms with Crippen LogP contribution in [-0.2, 0) is 10.3 Å². The number of piperidine rings is 1. The van der Waals surface area contributed by atoms with Crippen molar-refractivity contribution in [2.24, 2.45) is 11.8 Å². The summed E-state index contributed by atoms with van der Waals surface area (Å²) in [7, 11) is 0. The fourth-order valence-electron chi connectivity index (χ4n) is 6.36. The molecule has 3 fully saturated rings. The lowest BCUT2D eigenvalue weighted by Gasteiger charge is -2.45. The molecule has 2 aromatic carbocycles. The van der Waals surface area contributed by atoms with E-state index in [9.17, 15) is 18.0 Å². The average molecular weight is 548 g/mol. The number of urea groups is 1. The Morgan fingerprint density at radius 3 is 2.56 bits per heavy atom. The zero-order valence-corrected chi connectivity index (χ0v) is 21.4. The standard InChI is InChI=1S/C28H32F3N3O5/c29-28(30,31)27(12-14-38-27)20-7-3-4-8-21(20)39-25-24(19(11-13-32-25)17-5-1-2-6-17)34-26(35)33-18-9-10-22-23(15-18)37-16-36-22/h3-4,7-10,15,17,19,24-25,32H,1-2,5-6,11-14,16H2,(H2,33,34,35). The van der Waals surface area contributed by atoms with Crippen LogP contribution in [0.15, 0.2) is 42.5 Å². The minimum Gasteiger partial charge on any atom is -0.473 e. The second kappa shape index (κ2) is 10.4. The number of benzene rings is 2. The Bertz CT molecular complexity index is 1200. The van der Waals surface area contributed by atoms with Gasteiger partial charge in [0.05, 0.1) is 12.6 Å². The third-order valence-corrected chi connectivity index (χ3v) is 8.38. The summed E-state index contributed by atoms with van der Waals surface area (Å²) in [5, 5.41) is 9.24. The summed E-state index contributed by atoms with van der Waals surface area (Å²) >= 11 is 0. The fourth-order valence-corrected chi connectivity index (χ4v) is 6.36. The highest BCUT2D eigenvalue weighted by Gasteiger charge is 2.62. The molecule has 4 atom stereocenters. The van der Waals surface area contributed by atoms with Gasteiger partial charge in [0.2, 0.25) is 6.79 Å². The van der Waals surface area contributed by atoms with Crippen molar-refractivity contribution >= 4 is 11.7 Å². The van der Waals surface area contributed by atoms with Crippen LogP contribution in [0, 0.1) is 11.8 Å². The number of alkyl halides is 3. The molecule has 2 aromatic rings. The van der Waals surface area contributed by atoms with Crippen LogP contribution in [0.1, 0.15) is 44.1 Å². The molecule has 8 nitrogen and oxygen atoms in total. The van der Waals surface area contributed by atoms with Gasteiger partial charge in [0, 0.05) is 23.7 Å². The normalized spacial score (nSPS) is 28.5. The molecule has 4 aliphatic rings. The largest absolute Gasteiger partial charge is 0.473 e. The molecule has 3 aliphatic heterocycles. The molecule has 0 radical (unpaired) electrons. The molecule has 210 valence electrons. The summed E-state index contributed by atoms with van der Waals surface area (Å²) in [6.45, 7) is 0.795. The molecule has 39 heavy (non-hydrogen) atoms. The van der Waals surface area contributed by atoms with Gasteiger partial charge in [0.25, 0.3) is 0 Å². The maximum Gasteiger partial charge on any atom is 0.421 e. The van der Waals surface area contributed by atoms with Crippen molar-refractivity contribution < 1.29 is 36.9 Å². The van der Waals surface area contributed by atoms with Crippen LogP contribution in [0.3, 0.4) is 0 Å². The van der Waals surface area contributed by atoms with E-state index in [4.69, 9.17) is 18.9 Å². The van der Waals surface area contributed by atoms with Crippen molar-refractivity contribution in [2.45, 2.75) is 62.6 Å². The topological polar surface area (TPSA) is 90.1 Å². The smallest absolute Gasteiger partial charge is 0.421 e. The van der Waals surface area contributed by atoms with Gasteiger partial charge < -0.3 is 29.6 Å². The summed E-state index contributed by atoms with van der Waals surface area (Å²) in [6, 6.07) is 10.4. The maximum atomic E-state index is 14.1. The maximum absolute atomic E-state index is 14.1. The molecular formula is C28H32F3N3O5. The zero-order valence-electron chi connectivity index (χ0n) is 21.4. The molecular weight excluding hydrogens is 515 g/mol. The van der Waals surface area contributed by atoms with Crippen molar-refractivity contribution in [3.8, 4) is 17.2 Å². The van der Waals surface area contributed by atoms with E-state index < -0.39 is 30.1 Å². The number of para-hydroxylation sites is 1. The molecule has 2 saturated heterocycles. The number of carbonyl (C=O) groups excluding carboxylic acids is 1. The van der Waals surface area contributed by atoms with Gasteiger partial charge in [-0.2, -0.15) is 13.2 Å². The summed E-state index contributed by atoms with van der Waals surface area (Å²) in [5.74, 6) is 1.77. The van der Waals surface area contributed by atoms with E-state index in [0.29, 0.717) is 29.6 Å². The van der Waals surface area contributed by atoms with Crippen molar-refractivity contribution in [1.82, 2.24) is 10.6 Å². The molecule has 0 aromatic heterocycles. The zero-order chi connectivity index (χ0) is 27.0. The number of ether oxygens (including phenoxy) is 4. The SMILES string of the molecule is O=C(Nc1ccc2c(c1)OCO2)NC1C(Oc2ccccc2C2(C(F)(F)F)CCO2)NCCC1C1CCCC1. The number of fused-ring (bicyclic) bond motifs is 1. The lowest BCUT2D eigenvalue weighted by Crippen LogP contribution is -2.62. The van der Waals surface area contributed by atoms with E-state index in [-0.39, 0.29) is 37.1 Å². The molecule has 1 aliphatic carbocycles. The summed E-state index contributed by atoms with van der Waals surface area (Å²) < 4.78 is 64.6. The first-order valence-electron chi connectivity index (χ1n) is 13.5. The third-order valence-electron chi connectivity index (χ3n) is 8.38. The Hall–Kier alpha value is -3.18. The summed E-state index contributed by atoms with van der Waals surface area (Å²) in [4.78, 5) is 13.2. The lowest BCUT2D eigenvalue weighted by molar-refractivity contribution is -0.334. The van der Waals surface area contributed by atoms with Crippen LogP contribution in [0.4, 0.5) is 23.7 Å². The van der Waals surface area contributed by atoms with Gasteiger partial charge in [-0.3, -0.25) is 5.32 Å². The number of anilines is 1. The molecule has 6 rings (SSSR count). The van der Waals surface area contributed by atoms with Gasteiger partial charge in [-0.05, 0) is 43.0 Å². The van der Waals surface area contributed by atoms with Crippen molar-refractivity contribution in [2.75, 3.05) is 25.3 Å². The highest BCUT2D eigenvalue weighted by Crippen LogP contribution is 2.53. The first kappa shape index (κ1) is 26.1. The van der Waals surface area contributed by atoms with E-state index in [2.05, 4.69) is 16.0 Å². The second-order valence-corrected chi connectivity index (χ2v) is 10.6. The summed E-state index contributed by atoms with van der Waals surface area (Å²) in [6.07, 6.45) is -0.273. The minimum absolute atomic E-state index is 0.0312. The average Bonchev–Trinajstić information content (AvgIpc) is 3.56. The number of amides is 2. The Morgan fingerprint density at radius 2 is 1.82 bits per heavy atom. The molecule has 4 unspecified atom stereocenters. The van der Waals surface area contributed by atoms with Gasteiger partial charge in [0.15, 0.2) is 23.3 Å². The molecule has 2 amide bonds. The highest BCUT2D eigenvalue weighted by molar-refractivity contribution is 5.90. The monoisotopic (exact) mass is 547 g/mol. The number of hydrogen-bond donors (Lipinski definition) is 3. The molecule has 3 N–H and O–H groups in total. The number of halogens is 3. The van der Waals surface area contributed by atoms with Crippen LogP contribution in [0.25, 0.3) is 0 Å². The molecule has 0 spiro atoms. The van der Waals surface area contributed by atoms with E-state index in [1.54, 1.807) is 30.3 Å². The van der Waals surface area contributed by atoms with E-state index in [0.717, 1.165) is 32.1 Å². The first-order chi connectivity index (χ1) is 18.8. The van der Waals surface area contributed by atoms with Gasteiger partial charge in [-0.15, -0.1) is 0 Å². The number of hydrogen-bond acceptors (Lipinski definition) is 6.